The van der Waals surface area contributed by atoms with Gasteiger partial charge in [0.1, 0.15) is 5.65 Å². The van der Waals surface area contributed by atoms with Crippen molar-refractivity contribution in [2.24, 2.45) is 13.0 Å². The molecule has 1 atom stereocenters. The minimum atomic E-state index is -0.119. The molecule has 0 amide bonds. The number of likely N-dealkylation sites (N-methyl/N-ethyl adjacent to an activating group) is 1. The topological polar surface area (TPSA) is 46.3 Å². The Morgan fingerprint density at radius 2 is 1.87 bits per heavy atom. The maximum Gasteiger partial charge on any atom is 0.251 e. The summed E-state index contributed by atoms with van der Waals surface area (Å²) in [6.07, 6.45) is 10.8. The number of benzene rings is 1. The van der Waals surface area contributed by atoms with Crippen LogP contribution < -0.4 is 10.5 Å². The molecule has 0 aliphatic heterocycles. The highest BCUT2D eigenvalue weighted by atomic mass is 35.5. The summed E-state index contributed by atoms with van der Waals surface area (Å²) in [5, 5.41) is 1.76. The molecule has 1 aliphatic carbocycles. The van der Waals surface area contributed by atoms with Crippen molar-refractivity contribution in [1.82, 2.24) is 19.0 Å². The molecule has 0 radical (unpaired) electrons. The second-order valence-corrected chi connectivity index (χ2v) is 11.5. The zero-order valence-corrected chi connectivity index (χ0v) is 24.4. The molecular formula is C32H40ClN5O. The summed E-state index contributed by atoms with van der Waals surface area (Å²) in [6, 6.07) is 13.8. The van der Waals surface area contributed by atoms with Crippen LogP contribution >= 0.6 is 11.6 Å². The first-order valence-corrected chi connectivity index (χ1v) is 14.6. The van der Waals surface area contributed by atoms with Crippen molar-refractivity contribution in [3.8, 4) is 11.1 Å². The number of hydrogen-bond donors (Lipinski definition) is 0. The first kappa shape index (κ1) is 27.5. The van der Waals surface area contributed by atoms with Gasteiger partial charge in [-0.2, -0.15) is 0 Å². The number of fused-ring (bicyclic) bond motifs is 1. The summed E-state index contributed by atoms with van der Waals surface area (Å²) in [5.74, 6) is 0.782. The van der Waals surface area contributed by atoms with Crippen LogP contribution in [0.2, 0.25) is 5.02 Å². The van der Waals surface area contributed by atoms with Crippen molar-refractivity contribution in [2.75, 3.05) is 38.1 Å². The summed E-state index contributed by atoms with van der Waals surface area (Å²) < 4.78 is 3.91. The second-order valence-electron chi connectivity index (χ2n) is 11.1. The van der Waals surface area contributed by atoms with Gasteiger partial charge < -0.3 is 18.9 Å². The molecule has 206 valence electrons. The van der Waals surface area contributed by atoms with E-state index in [9.17, 15) is 4.79 Å². The summed E-state index contributed by atoms with van der Waals surface area (Å²) in [4.78, 5) is 23.3. The average Bonchev–Trinajstić information content (AvgIpc) is 3.67. The largest absolute Gasteiger partial charge is 0.370 e. The SMILES string of the molecule is CCCN(CCC)c1cnc2c(c1)c(-c1ccn(C(CN(C)CC3CC3)c3cccc(Cl)c3)c(=O)c1)cn2C. The van der Waals surface area contributed by atoms with E-state index in [2.05, 4.69) is 55.1 Å². The van der Waals surface area contributed by atoms with Gasteiger partial charge in [0, 0.05) is 67.7 Å². The number of hydrogen-bond acceptors (Lipinski definition) is 4. The highest BCUT2D eigenvalue weighted by Gasteiger charge is 2.25. The van der Waals surface area contributed by atoms with Crippen LogP contribution in [0.25, 0.3) is 22.2 Å². The van der Waals surface area contributed by atoms with Crippen LogP contribution in [0.5, 0.6) is 0 Å². The molecule has 3 aromatic heterocycles. The summed E-state index contributed by atoms with van der Waals surface area (Å²) in [5.41, 5.74) is 5.03. The van der Waals surface area contributed by atoms with E-state index in [-0.39, 0.29) is 11.6 Å². The van der Waals surface area contributed by atoms with Gasteiger partial charge in [-0.3, -0.25) is 4.79 Å². The zero-order valence-electron chi connectivity index (χ0n) is 23.6. The van der Waals surface area contributed by atoms with Crippen molar-refractivity contribution in [1.29, 1.82) is 0 Å². The summed E-state index contributed by atoms with van der Waals surface area (Å²) >= 11 is 6.37. The lowest BCUT2D eigenvalue weighted by atomic mass is 10.0. The van der Waals surface area contributed by atoms with Gasteiger partial charge in [-0.05, 0) is 74.0 Å². The summed E-state index contributed by atoms with van der Waals surface area (Å²) in [6.45, 7) is 8.22. The third-order valence-electron chi connectivity index (χ3n) is 7.73. The lowest BCUT2D eigenvalue weighted by Gasteiger charge is -2.26. The van der Waals surface area contributed by atoms with E-state index in [4.69, 9.17) is 16.6 Å². The highest BCUT2D eigenvalue weighted by Crippen LogP contribution is 2.33. The molecule has 5 rings (SSSR count). The smallest absolute Gasteiger partial charge is 0.251 e. The number of pyridine rings is 2. The summed E-state index contributed by atoms with van der Waals surface area (Å²) in [7, 11) is 4.16. The standard InChI is InChI=1S/C32H40ClN5O/c1-5-13-37(14-6-2)27-18-28-29(21-36(4)32(28)34-19-27)24-12-15-38(31(39)17-24)30(22-35(3)20-23-10-11-23)25-8-7-9-26(33)16-25/h7-9,12,15-19,21,23,30H,5-6,10-11,13-14,20,22H2,1-4H3. The maximum absolute atomic E-state index is 13.7. The normalized spacial score (nSPS) is 14.3. The Bertz CT molecular complexity index is 1480. The van der Waals surface area contributed by atoms with Crippen LogP contribution in [0.3, 0.4) is 0 Å². The molecule has 6 nitrogen and oxygen atoms in total. The number of nitrogens with zero attached hydrogens (tertiary/aromatic N) is 5. The van der Waals surface area contributed by atoms with Gasteiger partial charge >= 0.3 is 0 Å². The predicted molar refractivity (Wildman–Crippen MR) is 163 cm³/mol. The first-order valence-electron chi connectivity index (χ1n) is 14.2. The number of aryl methyl sites for hydroxylation is 1. The Morgan fingerprint density at radius 3 is 2.54 bits per heavy atom. The molecule has 4 aromatic rings. The van der Waals surface area contributed by atoms with E-state index in [1.807, 2.05) is 46.8 Å². The monoisotopic (exact) mass is 545 g/mol. The van der Waals surface area contributed by atoms with Gasteiger partial charge in [0.2, 0.25) is 0 Å². The van der Waals surface area contributed by atoms with Gasteiger partial charge in [0.05, 0.1) is 17.9 Å². The minimum Gasteiger partial charge on any atom is -0.370 e. The third-order valence-corrected chi connectivity index (χ3v) is 7.97. The lowest BCUT2D eigenvalue weighted by molar-refractivity contribution is 0.282. The fourth-order valence-corrected chi connectivity index (χ4v) is 5.86. The molecular weight excluding hydrogens is 506 g/mol. The Morgan fingerprint density at radius 1 is 1.10 bits per heavy atom. The molecule has 0 saturated heterocycles. The Balaban J connectivity index is 1.52. The number of rotatable bonds is 12. The highest BCUT2D eigenvalue weighted by molar-refractivity contribution is 6.30. The number of anilines is 1. The molecule has 39 heavy (non-hydrogen) atoms. The molecule has 3 heterocycles. The third kappa shape index (κ3) is 6.23. The van der Waals surface area contributed by atoms with Gasteiger partial charge in [-0.1, -0.05) is 37.6 Å². The van der Waals surface area contributed by atoms with Crippen LogP contribution in [0.4, 0.5) is 5.69 Å². The molecule has 1 aliphatic rings. The molecule has 1 saturated carbocycles. The average molecular weight is 546 g/mol. The van der Waals surface area contributed by atoms with E-state index in [1.165, 1.54) is 12.8 Å². The van der Waals surface area contributed by atoms with Crippen molar-refractivity contribution in [3.05, 3.63) is 82.0 Å². The van der Waals surface area contributed by atoms with E-state index in [1.54, 1.807) is 6.07 Å². The van der Waals surface area contributed by atoms with Crippen LogP contribution in [0.1, 0.15) is 51.1 Å². The quantitative estimate of drug-likeness (QED) is 0.201. The van der Waals surface area contributed by atoms with Crippen molar-refractivity contribution >= 4 is 28.3 Å². The fraction of sp³-hybridized carbons (Fsp3) is 0.438. The Hall–Kier alpha value is -3.09. The maximum atomic E-state index is 13.7. The molecule has 1 aromatic carbocycles. The van der Waals surface area contributed by atoms with Crippen molar-refractivity contribution < 1.29 is 0 Å². The minimum absolute atomic E-state index is 0.0167. The van der Waals surface area contributed by atoms with Crippen LogP contribution in [0, 0.1) is 5.92 Å². The van der Waals surface area contributed by atoms with Crippen molar-refractivity contribution in [3.63, 3.8) is 0 Å². The van der Waals surface area contributed by atoms with Gasteiger partial charge in [-0.15, -0.1) is 0 Å². The number of halogens is 1. The molecule has 1 unspecified atom stereocenters. The van der Waals surface area contributed by atoms with Crippen LogP contribution in [-0.4, -0.2) is 52.2 Å². The van der Waals surface area contributed by atoms with E-state index in [0.29, 0.717) is 5.02 Å². The molecule has 7 heteroatoms. The van der Waals surface area contributed by atoms with Crippen LogP contribution in [0.15, 0.2) is 65.8 Å². The first-order chi connectivity index (χ1) is 18.9. The van der Waals surface area contributed by atoms with E-state index >= 15 is 0 Å². The van der Waals surface area contributed by atoms with E-state index < -0.39 is 0 Å². The number of aromatic nitrogens is 3. The van der Waals surface area contributed by atoms with Crippen molar-refractivity contribution in [2.45, 2.75) is 45.6 Å². The Kier molecular flexibility index (Phi) is 8.43. The molecule has 0 bridgehead atoms. The van der Waals surface area contributed by atoms with Gasteiger partial charge in [-0.25, -0.2) is 4.98 Å². The van der Waals surface area contributed by atoms with Gasteiger partial charge in [0.15, 0.2) is 0 Å². The molecule has 0 N–H and O–H groups in total. The Labute approximate surface area is 236 Å². The lowest BCUT2D eigenvalue weighted by Crippen LogP contribution is -2.34. The molecule has 0 spiro atoms. The van der Waals surface area contributed by atoms with E-state index in [0.717, 1.165) is 78.3 Å². The predicted octanol–water partition coefficient (Wildman–Crippen LogP) is 6.61. The zero-order chi connectivity index (χ0) is 27.5. The van der Waals surface area contributed by atoms with Gasteiger partial charge in [0.25, 0.3) is 5.56 Å². The fourth-order valence-electron chi connectivity index (χ4n) is 5.66. The van der Waals surface area contributed by atoms with Crippen LogP contribution in [-0.2, 0) is 7.05 Å². The second kappa shape index (κ2) is 12.0. The molecule has 1 fully saturated rings.